The summed E-state index contributed by atoms with van der Waals surface area (Å²) in [5, 5.41) is 0. The zero-order valence-electron chi connectivity index (χ0n) is 16.7. The van der Waals surface area contributed by atoms with Crippen LogP contribution >= 0.6 is 34.1 Å². The third kappa shape index (κ3) is 24.1. The zero-order chi connectivity index (χ0) is 22.1. The molecule has 6 heteroatoms. The molecular formula is C24H26Cl4Zr2+4. The van der Waals surface area contributed by atoms with E-state index in [2.05, 4.69) is 51.4 Å². The SMILES string of the molecule is [CH]1[CH][CH][CH][CH]1.[CH]1[CH][CH][CH][CH]1.[CH]1[CH][CH][C](CCCC[C]2[CH][CH][CH][CH]2)[CH]1.[Cl][Zr+2][Cl].[Cl][Zr+2][Cl]. The Morgan fingerprint density at radius 2 is 0.600 bits per heavy atom. The molecule has 4 fully saturated rings. The monoisotopic (exact) mass is 634 g/mol. The molecular weight excluding hydrogens is 613 g/mol. The van der Waals surface area contributed by atoms with E-state index in [1.54, 1.807) is 0 Å². The Balaban J connectivity index is 0.000000431. The maximum atomic E-state index is 4.93. The number of hydrogen-bond donors (Lipinski definition) is 0. The van der Waals surface area contributed by atoms with Crippen LogP contribution in [-0.2, 0) is 41.7 Å². The van der Waals surface area contributed by atoms with Crippen molar-refractivity contribution in [3.63, 3.8) is 0 Å². The third-order valence-corrected chi connectivity index (χ3v) is 3.76. The predicted molar refractivity (Wildman–Crippen MR) is 126 cm³/mol. The topological polar surface area (TPSA) is 0 Å². The van der Waals surface area contributed by atoms with Gasteiger partial charge in [0, 0.05) is 0 Å². The molecule has 4 aliphatic rings. The molecule has 0 aromatic carbocycles. The van der Waals surface area contributed by atoms with E-state index >= 15 is 0 Å². The van der Waals surface area contributed by atoms with Crippen molar-refractivity contribution in [2.24, 2.45) is 0 Å². The van der Waals surface area contributed by atoms with Gasteiger partial charge in [-0.05, 0) is 140 Å². The van der Waals surface area contributed by atoms with Gasteiger partial charge >= 0.3 is 75.7 Å². The second-order valence-electron chi connectivity index (χ2n) is 5.86. The van der Waals surface area contributed by atoms with E-state index in [4.69, 9.17) is 34.1 Å². The Bertz CT molecular complexity index is 256. The van der Waals surface area contributed by atoms with Crippen LogP contribution in [-0.4, -0.2) is 0 Å². The van der Waals surface area contributed by atoms with E-state index in [0.717, 1.165) is 0 Å². The zero-order valence-corrected chi connectivity index (χ0v) is 24.7. The first-order chi connectivity index (χ1) is 14.8. The minimum absolute atomic E-state index is 0.826. The standard InChI is InChI=1S/C14H16.2C5H5.4ClH.2Zr/c1-2-8-13(7-1)11-5-6-12-14-9-3-4-10-14;2*1-2-4-5-3-1;;;;;;/h1-4,7-10H,5-6,11-12H2;2*1-5H;4*1H;;/q;;;;;;;2*+4/p-4. The molecule has 20 radical (unpaired) electrons. The molecule has 4 rings (SSSR count). The fourth-order valence-corrected chi connectivity index (χ4v) is 2.46. The van der Waals surface area contributed by atoms with Gasteiger partial charge in [-0.3, -0.25) is 0 Å². The second kappa shape index (κ2) is 28.2. The molecule has 0 bridgehead atoms. The number of halogens is 4. The van der Waals surface area contributed by atoms with Crippen molar-refractivity contribution in [3.05, 3.63) is 127 Å². The van der Waals surface area contributed by atoms with Crippen molar-refractivity contribution < 1.29 is 41.7 Å². The van der Waals surface area contributed by atoms with E-state index in [9.17, 15) is 0 Å². The summed E-state index contributed by atoms with van der Waals surface area (Å²) in [6.45, 7) is 0. The van der Waals surface area contributed by atoms with Gasteiger partial charge in [-0.1, -0.05) is 12.8 Å². The van der Waals surface area contributed by atoms with E-state index in [0.29, 0.717) is 0 Å². The van der Waals surface area contributed by atoms with Gasteiger partial charge in [0.05, 0.1) is 0 Å². The molecule has 0 aromatic rings. The molecule has 0 atom stereocenters. The quantitative estimate of drug-likeness (QED) is 0.267. The van der Waals surface area contributed by atoms with Gasteiger partial charge in [-0.25, -0.2) is 0 Å². The Morgan fingerprint density at radius 3 is 0.800 bits per heavy atom. The van der Waals surface area contributed by atoms with Gasteiger partial charge in [0.2, 0.25) is 0 Å². The summed E-state index contributed by atoms with van der Waals surface area (Å²) in [5.41, 5.74) is 0. The van der Waals surface area contributed by atoms with Gasteiger partial charge in [0.15, 0.2) is 0 Å². The van der Waals surface area contributed by atoms with Crippen molar-refractivity contribution in [1.82, 2.24) is 0 Å². The maximum absolute atomic E-state index is 4.93. The molecule has 0 saturated heterocycles. The Hall–Kier alpha value is 2.93. The van der Waals surface area contributed by atoms with Gasteiger partial charge in [0.1, 0.15) is 0 Å². The fraction of sp³-hybridized carbons (Fsp3) is 0.167. The van der Waals surface area contributed by atoms with Gasteiger partial charge in [-0.2, -0.15) is 0 Å². The van der Waals surface area contributed by atoms with Crippen LogP contribution in [0.1, 0.15) is 25.7 Å². The first-order valence-corrected chi connectivity index (χ1v) is 22.1. The first kappa shape index (κ1) is 32.9. The van der Waals surface area contributed by atoms with Crippen molar-refractivity contribution >= 4 is 34.1 Å². The summed E-state index contributed by atoms with van der Waals surface area (Å²) in [5.74, 6) is 2.96. The number of rotatable bonds is 5. The molecule has 0 aromatic heterocycles. The van der Waals surface area contributed by atoms with E-state index < -0.39 is 41.7 Å². The van der Waals surface area contributed by atoms with Crippen molar-refractivity contribution in [2.45, 2.75) is 25.7 Å². The number of unbranched alkanes of at least 4 members (excludes halogenated alkanes) is 1. The number of hydrogen-bond acceptors (Lipinski definition) is 0. The van der Waals surface area contributed by atoms with Gasteiger partial charge in [0.25, 0.3) is 0 Å². The molecule has 0 nitrogen and oxygen atoms in total. The van der Waals surface area contributed by atoms with Crippen molar-refractivity contribution in [2.75, 3.05) is 0 Å². The summed E-state index contributed by atoms with van der Waals surface area (Å²) < 4.78 is 0. The Labute approximate surface area is 226 Å². The molecule has 4 aliphatic carbocycles. The molecule has 0 spiro atoms. The molecule has 0 heterocycles. The van der Waals surface area contributed by atoms with Crippen LogP contribution in [0.2, 0.25) is 0 Å². The molecule has 4 saturated carbocycles. The molecule has 0 amide bonds. The molecule has 0 N–H and O–H groups in total. The fourth-order valence-electron chi connectivity index (χ4n) is 2.46. The Kier molecular flexibility index (Phi) is 30.9. The van der Waals surface area contributed by atoms with Crippen LogP contribution in [0.15, 0.2) is 0 Å². The molecule has 0 aliphatic heterocycles. The average molecular weight is 639 g/mol. The van der Waals surface area contributed by atoms with Crippen LogP contribution in [0, 0.1) is 127 Å². The first-order valence-electron chi connectivity index (χ1n) is 9.45. The molecule has 154 valence electrons. The van der Waals surface area contributed by atoms with E-state index in [-0.39, 0.29) is 0 Å². The molecule has 0 unspecified atom stereocenters. The second-order valence-corrected chi connectivity index (χ2v) is 13.3. The summed E-state index contributed by atoms with van der Waals surface area (Å²) in [4.78, 5) is 0. The summed E-state index contributed by atoms with van der Waals surface area (Å²) in [6, 6.07) is 0. The van der Waals surface area contributed by atoms with Crippen molar-refractivity contribution in [1.29, 1.82) is 0 Å². The van der Waals surface area contributed by atoms with Crippen molar-refractivity contribution in [3.8, 4) is 0 Å². The van der Waals surface area contributed by atoms with Crippen LogP contribution < -0.4 is 0 Å². The summed E-state index contributed by atoms with van der Waals surface area (Å²) >= 11 is -1.65. The van der Waals surface area contributed by atoms with Crippen LogP contribution in [0.5, 0.6) is 0 Å². The predicted octanol–water partition coefficient (Wildman–Crippen LogP) is 8.15. The van der Waals surface area contributed by atoms with E-state index in [1.807, 2.05) is 64.2 Å². The minimum atomic E-state index is -0.826. The Morgan fingerprint density at radius 1 is 0.400 bits per heavy atom. The van der Waals surface area contributed by atoms with Crippen LogP contribution in [0.25, 0.3) is 0 Å². The van der Waals surface area contributed by atoms with E-state index in [1.165, 1.54) is 37.5 Å². The molecule has 30 heavy (non-hydrogen) atoms. The summed E-state index contributed by atoms with van der Waals surface area (Å²) in [6.07, 6.45) is 42.4. The van der Waals surface area contributed by atoms with Crippen LogP contribution in [0.4, 0.5) is 0 Å². The van der Waals surface area contributed by atoms with Crippen LogP contribution in [0.3, 0.4) is 0 Å². The average Bonchev–Trinajstić information content (AvgIpc) is 3.57. The van der Waals surface area contributed by atoms with Gasteiger partial charge < -0.3 is 0 Å². The normalized spacial score (nSPS) is 20.3. The summed E-state index contributed by atoms with van der Waals surface area (Å²) in [7, 11) is 19.7. The van der Waals surface area contributed by atoms with Gasteiger partial charge in [-0.15, -0.1) is 0 Å². The third-order valence-electron chi connectivity index (χ3n) is 3.76.